The third-order valence-electron chi connectivity index (χ3n) is 10.6. The van der Waals surface area contributed by atoms with Crippen LogP contribution in [0.4, 0.5) is 0 Å². The molecule has 0 N–H and O–H groups in total. The smallest absolute Gasteiger partial charge is 0.242 e. The molecule has 252 valence electrons. The van der Waals surface area contributed by atoms with Crippen molar-refractivity contribution in [3.63, 3.8) is 0 Å². The van der Waals surface area contributed by atoms with Crippen molar-refractivity contribution in [2.24, 2.45) is 0 Å². The minimum atomic E-state index is -0.248. The van der Waals surface area contributed by atoms with E-state index < -0.39 is 0 Å². The van der Waals surface area contributed by atoms with Crippen molar-refractivity contribution in [1.29, 1.82) is 0 Å². The minimum absolute atomic E-state index is 0.171. The molecule has 0 amide bonds. The zero-order valence-electron chi connectivity index (χ0n) is 28.5. The Bertz CT molecular complexity index is 1980. The van der Waals surface area contributed by atoms with Gasteiger partial charge in [-0.3, -0.25) is 9.80 Å². The zero-order valence-corrected chi connectivity index (χ0v) is 28.5. The van der Waals surface area contributed by atoms with Gasteiger partial charge in [-0.15, -0.1) is 23.4 Å². The molecule has 6 nitrogen and oxygen atoms in total. The van der Waals surface area contributed by atoms with E-state index in [1.165, 1.54) is 21.5 Å². The van der Waals surface area contributed by atoms with Gasteiger partial charge in [0.15, 0.2) is 0 Å². The Hall–Kier alpha value is -5.04. The lowest BCUT2D eigenvalue weighted by Gasteiger charge is -2.33. The van der Waals surface area contributed by atoms with E-state index in [-0.39, 0.29) is 24.3 Å². The summed E-state index contributed by atoms with van der Waals surface area (Å²) in [6.07, 6.45) is 7.78. The summed E-state index contributed by atoms with van der Waals surface area (Å²) in [5.74, 6) is 1.04. The molecule has 6 heteroatoms. The molecule has 2 unspecified atom stereocenters. The van der Waals surface area contributed by atoms with Gasteiger partial charge in [0.1, 0.15) is 12.2 Å². The van der Waals surface area contributed by atoms with E-state index in [9.17, 15) is 0 Å². The SMILES string of the molecule is C=CCN1CCCC1[C@H](Oc1nnc(OC(c2cccc3ccccc23)[C@@H]2CCCN2CC=C)c2ccccc12)c1cccc2ccccc12. The lowest BCUT2D eigenvalue weighted by atomic mass is 9.94. The Morgan fingerprint density at radius 3 is 1.40 bits per heavy atom. The number of fused-ring (bicyclic) bond motifs is 3. The fourth-order valence-electron chi connectivity index (χ4n) is 8.34. The predicted molar refractivity (Wildman–Crippen MR) is 204 cm³/mol. The Morgan fingerprint density at radius 2 is 0.960 bits per heavy atom. The van der Waals surface area contributed by atoms with Crippen LogP contribution in [0.25, 0.3) is 32.3 Å². The van der Waals surface area contributed by atoms with E-state index in [2.05, 4.69) is 120 Å². The number of aromatic nitrogens is 2. The van der Waals surface area contributed by atoms with Crippen LogP contribution in [-0.4, -0.2) is 58.3 Å². The average Bonchev–Trinajstić information content (AvgIpc) is 3.83. The maximum absolute atomic E-state index is 7.11. The van der Waals surface area contributed by atoms with Gasteiger partial charge in [-0.05, 0) is 72.5 Å². The Kier molecular flexibility index (Phi) is 9.29. The molecular formula is C44H44N4O2. The first-order chi connectivity index (χ1) is 24.7. The quantitative estimate of drug-likeness (QED) is 0.122. The molecule has 50 heavy (non-hydrogen) atoms. The first kappa shape index (κ1) is 32.2. The van der Waals surface area contributed by atoms with E-state index in [0.29, 0.717) is 11.8 Å². The minimum Gasteiger partial charge on any atom is -0.466 e. The fourth-order valence-corrected chi connectivity index (χ4v) is 8.34. The molecular weight excluding hydrogens is 617 g/mol. The second-order valence-electron chi connectivity index (χ2n) is 13.6. The van der Waals surface area contributed by atoms with Crippen molar-refractivity contribution in [2.75, 3.05) is 26.2 Å². The fraction of sp³-hybridized carbons (Fsp3) is 0.273. The van der Waals surface area contributed by atoms with Crippen LogP contribution >= 0.6 is 0 Å². The van der Waals surface area contributed by atoms with Crippen LogP contribution in [-0.2, 0) is 0 Å². The van der Waals surface area contributed by atoms with E-state index in [1.54, 1.807) is 0 Å². The van der Waals surface area contributed by atoms with E-state index in [4.69, 9.17) is 19.7 Å². The summed E-state index contributed by atoms with van der Waals surface area (Å²) in [6, 6.07) is 38.7. The highest BCUT2D eigenvalue weighted by Crippen LogP contribution is 2.41. The molecule has 0 saturated carbocycles. The van der Waals surface area contributed by atoms with Gasteiger partial charge >= 0.3 is 0 Å². The molecule has 0 aliphatic carbocycles. The van der Waals surface area contributed by atoms with E-state index in [1.807, 2.05) is 24.3 Å². The van der Waals surface area contributed by atoms with Crippen molar-refractivity contribution in [3.8, 4) is 11.8 Å². The Balaban J connectivity index is 1.21. The van der Waals surface area contributed by atoms with Crippen LogP contribution in [0, 0.1) is 0 Å². The number of likely N-dealkylation sites (tertiary alicyclic amines) is 2. The second-order valence-corrected chi connectivity index (χ2v) is 13.6. The summed E-state index contributed by atoms with van der Waals surface area (Å²) in [4.78, 5) is 4.97. The molecule has 2 saturated heterocycles. The van der Waals surface area contributed by atoms with Crippen LogP contribution < -0.4 is 9.47 Å². The molecule has 1 aromatic heterocycles. The number of benzene rings is 5. The molecule has 2 aliphatic rings. The van der Waals surface area contributed by atoms with Crippen molar-refractivity contribution < 1.29 is 9.47 Å². The van der Waals surface area contributed by atoms with Crippen molar-refractivity contribution in [3.05, 3.63) is 146 Å². The normalized spacial score (nSPS) is 19.5. The van der Waals surface area contributed by atoms with Crippen LogP contribution in [0.3, 0.4) is 0 Å². The summed E-state index contributed by atoms with van der Waals surface area (Å²) in [5, 5.41) is 16.2. The molecule has 8 rings (SSSR count). The highest BCUT2D eigenvalue weighted by Gasteiger charge is 2.37. The van der Waals surface area contributed by atoms with Crippen LogP contribution in [0.1, 0.15) is 49.0 Å². The standard InChI is InChI=1S/C44H44N4O2/c1-3-27-47-29-13-25-39(47)41(35-23-11-17-31-15-5-7-19-33(31)35)49-43-37-21-9-10-22-38(37)44(46-45-43)50-42(40-26-14-30-48(40)28-4-2)36-24-12-18-32-16-6-8-20-34(32)36/h3-12,15-24,39-42H,1-2,13-14,25-30H2/t39-,40?,41?,42+/m0/s1. The van der Waals surface area contributed by atoms with E-state index >= 15 is 0 Å². The van der Waals surface area contributed by atoms with Crippen LogP contribution in [0.5, 0.6) is 11.8 Å². The van der Waals surface area contributed by atoms with Gasteiger partial charge in [0, 0.05) is 24.2 Å². The third-order valence-corrected chi connectivity index (χ3v) is 10.6. The second kappa shape index (κ2) is 14.4. The van der Waals surface area contributed by atoms with Crippen molar-refractivity contribution in [2.45, 2.75) is 50.0 Å². The first-order valence-corrected chi connectivity index (χ1v) is 18.0. The van der Waals surface area contributed by atoms with Gasteiger partial charge < -0.3 is 9.47 Å². The van der Waals surface area contributed by atoms with Crippen LogP contribution in [0.15, 0.2) is 135 Å². The van der Waals surface area contributed by atoms with Gasteiger partial charge in [0.25, 0.3) is 0 Å². The molecule has 3 heterocycles. The van der Waals surface area contributed by atoms with Crippen molar-refractivity contribution in [1.82, 2.24) is 20.0 Å². The van der Waals surface area contributed by atoms with Gasteiger partial charge in [-0.25, -0.2) is 0 Å². The maximum atomic E-state index is 7.11. The molecule has 6 aromatic rings. The monoisotopic (exact) mass is 660 g/mol. The third kappa shape index (κ3) is 6.14. The van der Waals surface area contributed by atoms with E-state index in [0.717, 1.165) is 73.8 Å². The summed E-state index contributed by atoms with van der Waals surface area (Å²) >= 11 is 0. The van der Waals surface area contributed by atoms with Crippen molar-refractivity contribution >= 4 is 32.3 Å². The summed E-state index contributed by atoms with van der Waals surface area (Å²) in [6.45, 7) is 11.8. The average molecular weight is 661 g/mol. The highest BCUT2D eigenvalue weighted by atomic mass is 16.5. The Morgan fingerprint density at radius 1 is 0.560 bits per heavy atom. The topological polar surface area (TPSA) is 50.7 Å². The summed E-state index contributed by atoms with van der Waals surface area (Å²) in [7, 11) is 0. The Labute approximate surface area is 294 Å². The largest absolute Gasteiger partial charge is 0.466 e. The molecule has 0 bridgehead atoms. The number of nitrogens with zero attached hydrogens (tertiary/aromatic N) is 4. The number of hydrogen-bond donors (Lipinski definition) is 0. The number of rotatable bonds is 12. The van der Waals surface area contributed by atoms with Gasteiger partial charge in [-0.2, -0.15) is 0 Å². The lowest BCUT2D eigenvalue weighted by molar-refractivity contribution is 0.0908. The zero-order chi connectivity index (χ0) is 33.9. The molecule has 5 aromatic carbocycles. The highest BCUT2D eigenvalue weighted by molar-refractivity contribution is 5.91. The molecule has 2 fully saturated rings. The van der Waals surface area contributed by atoms with Gasteiger partial charge in [0.2, 0.25) is 11.8 Å². The summed E-state index contributed by atoms with van der Waals surface area (Å²) < 4.78 is 14.2. The molecule has 0 radical (unpaired) electrons. The van der Waals surface area contributed by atoms with Gasteiger partial charge in [-0.1, -0.05) is 109 Å². The number of hydrogen-bond acceptors (Lipinski definition) is 6. The van der Waals surface area contributed by atoms with Crippen LogP contribution in [0.2, 0.25) is 0 Å². The van der Waals surface area contributed by atoms with Gasteiger partial charge in [0.05, 0.1) is 22.9 Å². The maximum Gasteiger partial charge on any atom is 0.242 e. The lowest BCUT2D eigenvalue weighted by Crippen LogP contribution is -2.37. The molecule has 4 atom stereocenters. The first-order valence-electron chi connectivity index (χ1n) is 18.0. The molecule has 2 aliphatic heterocycles. The summed E-state index contributed by atoms with van der Waals surface area (Å²) in [5.41, 5.74) is 2.32. The predicted octanol–water partition coefficient (Wildman–Crippen LogP) is 9.48. The number of ether oxygens (including phenoxy) is 2. The molecule has 0 spiro atoms.